The summed E-state index contributed by atoms with van der Waals surface area (Å²) >= 11 is 1.67. The van der Waals surface area contributed by atoms with Crippen LogP contribution in [0.1, 0.15) is 5.56 Å². The summed E-state index contributed by atoms with van der Waals surface area (Å²) in [5, 5.41) is 3.48. The highest BCUT2D eigenvalue weighted by molar-refractivity contribution is 7.07. The van der Waals surface area contributed by atoms with E-state index < -0.39 is 0 Å². The third-order valence-corrected chi connectivity index (χ3v) is 6.29. The Morgan fingerprint density at radius 3 is 2.68 bits per heavy atom. The quantitative estimate of drug-likeness (QED) is 0.347. The molecule has 3 aromatic carbocycles. The van der Waals surface area contributed by atoms with E-state index in [1.807, 2.05) is 30.3 Å². The van der Waals surface area contributed by atoms with E-state index in [0.29, 0.717) is 0 Å². The number of benzene rings is 3. The van der Waals surface area contributed by atoms with Crippen LogP contribution in [0.4, 0.5) is 5.69 Å². The smallest absolute Gasteiger partial charge is 0.190 e. The van der Waals surface area contributed by atoms with Crippen LogP contribution in [0.15, 0.2) is 95.4 Å². The summed E-state index contributed by atoms with van der Waals surface area (Å²) < 4.78 is 7.69. The van der Waals surface area contributed by atoms with Crippen LogP contribution < -0.4 is 9.54 Å². The second-order valence-electron chi connectivity index (χ2n) is 7.34. The van der Waals surface area contributed by atoms with E-state index >= 15 is 0 Å². The number of H-pyrrole nitrogens is 1. The van der Waals surface area contributed by atoms with E-state index in [9.17, 15) is 0 Å². The first kappa shape index (κ1) is 19.4. The van der Waals surface area contributed by atoms with Crippen molar-refractivity contribution in [2.75, 3.05) is 7.11 Å². The Labute approximate surface area is 185 Å². The number of hydrogen-bond acceptors (Lipinski definition) is 3. The number of para-hydroxylation sites is 1. The summed E-state index contributed by atoms with van der Waals surface area (Å²) in [6.45, 7) is 0.846. The number of nitrogens with zero attached hydrogens (tertiary/aromatic N) is 2. The number of aryl methyl sites for hydroxylation is 1. The van der Waals surface area contributed by atoms with Gasteiger partial charge in [-0.05, 0) is 35.7 Å². The normalized spacial score (nSPS) is 11.8. The van der Waals surface area contributed by atoms with E-state index in [2.05, 4.69) is 69.7 Å². The molecule has 0 saturated carbocycles. The number of rotatable bonds is 6. The fourth-order valence-corrected chi connectivity index (χ4v) is 4.79. The molecule has 0 aliphatic heterocycles. The number of methoxy groups -OCH3 is 1. The molecule has 0 saturated heterocycles. The van der Waals surface area contributed by atoms with Gasteiger partial charge in [-0.3, -0.25) is 0 Å². The molecule has 0 aliphatic carbocycles. The predicted octanol–water partition coefficient (Wildman–Crippen LogP) is 6.18. The second kappa shape index (κ2) is 8.66. The van der Waals surface area contributed by atoms with E-state index in [0.717, 1.165) is 29.2 Å². The minimum atomic E-state index is 0.812. The van der Waals surface area contributed by atoms with Crippen LogP contribution in [0.2, 0.25) is 0 Å². The lowest BCUT2D eigenvalue weighted by molar-refractivity contribution is 0.415. The van der Waals surface area contributed by atoms with Crippen molar-refractivity contribution in [3.8, 4) is 17.0 Å². The molecule has 0 fully saturated rings. The Morgan fingerprint density at radius 2 is 1.81 bits per heavy atom. The van der Waals surface area contributed by atoms with Crippen LogP contribution in [-0.2, 0) is 13.0 Å². The van der Waals surface area contributed by atoms with E-state index in [4.69, 9.17) is 9.73 Å². The maximum absolute atomic E-state index is 5.37. The summed E-state index contributed by atoms with van der Waals surface area (Å²) in [5.74, 6) is 0.812. The van der Waals surface area contributed by atoms with Crippen molar-refractivity contribution < 1.29 is 4.74 Å². The molecule has 5 heteroatoms. The zero-order valence-corrected chi connectivity index (χ0v) is 18.1. The van der Waals surface area contributed by atoms with Crippen molar-refractivity contribution in [2.24, 2.45) is 4.99 Å². The second-order valence-corrected chi connectivity index (χ2v) is 8.18. The average molecular weight is 426 g/mol. The molecule has 0 radical (unpaired) electrons. The van der Waals surface area contributed by atoms with Gasteiger partial charge in [-0.2, -0.15) is 0 Å². The van der Waals surface area contributed by atoms with Crippen LogP contribution in [0.5, 0.6) is 5.75 Å². The van der Waals surface area contributed by atoms with Gasteiger partial charge in [0.05, 0.1) is 18.5 Å². The molecule has 0 amide bonds. The highest BCUT2D eigenvalue weighted by Gasteiger charge is 2.10. The van der Waals surface area contributed by atoms with Crippen LogP contribution in [0.3, 0.4) is 0 Å². The lowest BCUT2D eigenvalue weighted by atomic mass is 10.1. The summed E-state index contributed by atoms with van der Waals surface area (Å²) in [7, 11) is 1.68. The number of aromatic amines is 1. The summed E-state index contributed by atoms with van der Waals surface area (Å²) in [5.41, 5.74) is 5.77. The van der Waals surface area contributed by atoms with Gasteiger partial charge in [0.1, 0.15) is 5.75 Å². The number of ether oxygens (including phenoxy) is 1. The van der Waals surface area contributed by atoms with Crippen molar-refractivity contribution in [3.05, 3.63) is 101 Å². The summed E-state index contributed by atoms with van der Waals surface area (Å²) in [4.78, 5) is 9.32. The summed E-state index contributed by atoms with van der Waals surface area (Å²) in [6, 6.07) is 26.9. The monoisotopic (exact) mass is 425 g/mol. The van der Waals surface area contributed by atoms with Gasteiger partial charge in [0.15, 0.2) is 4.80 Å². The van der Waals surface area contributed by atoms with Crippen molar-refractivity contribution in [1.82, 2.24) is 9.55 Å². The molecule has 2 heterocycles. The fourth-order valence-electron chi connectivity index (χ4n) is 3.84. The highest BCUT2D eigenvalue weighted by atomic mass is 32.1. The highest BCUT2D eigenvalue weighted by Crippen LogP contribution is 2.24. The zero-order valence-electron chi connectivity index (χ0n) is 17.3. The van der Waals surface area contributed by atoms with Gasteiger partial charge in [-0.25, -0.2) is 4.99 Å². The largest absolute Gasteiger partial charge is 0.497 e. The molecule has 31 heavy (non-hydrogen) atoms. The molecule has 0 unspecified atom stereocenters. The fraction of sp³-hybridized carbons (Fsp3) is 0.115. The van der Waals surface area contributed by atoms with E-state index in [1.165, 1.54) is 27.7 Å². The van der Waals surface area contributed by atoms with E-state index in [-0.39, 0.29) is 0 Å². The molecule has 4 nitrogen and oxygen atoms in total. The van der Waals surface area contributed by atoms with Gasteiger partial charge in [0.2, 0.25) is 0 Å². The first-order valence-corrected chi connectivity index (χ1v) is 11.2. The molecular weight excluding hydrogens is 402 g/mol. The van der Waals surface area contributed by atoms with Gasteiger partial charge in [-0.15, -0.1) is 11.3 Å². The lowest BCUT2D eigenvalue weighted by Gasteiger charge is -2.09. The zero-order chi connectivity index (χ0) is 21.0. The Morgan fingerprint density at radius 1 is 0.968 bits per heavy atom. The maximum Gasteiger partial charge on any atom is 0.190 e. The molecule has 0 bridgehead atoms. The first-order valence-electron chi connectivity index (χ1n) is 10.3. The van der Waals surface area contributed by atoms with Crippen molar-refractivity contribution >= 4 is 27.9 Å². The van der Waals surface area contributed by atoms with Gasteiger partial charge < -0.3 is 14.3 Å². The van der Waals surface area contributed by atoms with Gasteiger partial charge in [0.25, 0.3) is 0 Å². The SMILES string of the molecule is COc1cccc(N=c2scc(-c3ccccc3)n2CCc2c[nH]c3ccccc23)c1. The number of thiazole rings is 1. The van der Waals surface area contributed by atoms with Gasteiger partial charge in [0, 0.05) is 35.1 Å². The lowest BCUT2D eigenvalue weighted by Crippen LogP contribution is -2.17. The molecule has 0 aliphatic rings. The van der Waals surface area contributed by atoms with Crippen molar-refractivity contribution in [2.45, 2.75) is 13.0 Å². The topological polar surface area (TPSA) is 42.3 Å². The van der Waals surface area contributed by atoms with Crippen LogP contribution in [0, 0.1) is 0 Å². The molecular formula is C26H23N3OS. The number of hydrogen-bond donors (Lipinski definition) is 1. The molecule has 0 spiro atoms. The minimum Gasteiger partial charge on any atom is -0.497 e. The molecule has 5 rings (SSSR count). The van der Waals surface area contributed by atoms with E-state index in [1.54, 1.807) is 18.4 Å². The number of fused-ring (bicyclic) bond motifs is 1. The van der Waals surface area contributed by atoms with Crippen molar-refractivity contribution in [1.29, 1.82) is 0 Å². The predicted molar refractivity (Wildman–Crippen MR) is 128 cm³/mol. The first-order chi connectivity index (χ1) is 15.3. The molecule has 0 atom stereocenters. The van der Waals surface area contributed by atoms with Crippen molar-refractivity contribution in [3.63, 3.8) is 0 Å². The molecule has 154 valence electrons. The minimum absolute atomic E-state index is 0.812. The van der Waals surface area contributed by atoms with Crippen LogP contribution in [-0.4, -0.2) is 16.7 Å². The Kier molecular flexibility index (Phi) is 5.42. The van der Waals surface area contributed by atoms with Crippen LogP contribution in [0.25, 0.3) is 22.2 Å². The third kappa shape index (κ3) is 4.05. The van der Waals surface area contributed by atoms with Gasteiger partial charge in [-0.1, -0.05) is 54.6 Å². The van der Waals surface area contributed by atoms with Gasteiger partial charge >= 0.3 is 0 Å². The standard InChI is InChI=1S/C26H23N3OS/c1-30-22-11-7-10-21(16-22)28-26-29(25(18-31-26)19-8-3-2-4-9-19)15-14-20-17-27-24-13-6-5-12-23(20)24/h2-13,16-18,27H,14-15H2,1H3. The Balaban J connectivity index is 1.56. The average Bonchev–Trinajstić information content (AvgIpc) is 3.42. The Bertz CT molecular complexity index is 1380. The summed E-state index contributed by atoms with van der Waals surface area (Å²) in [6.07, 6.45) is 3.05. The molecule has 1 N–H and O–H groups in total. The number of aromatic nitrogens is 2. The third-order valence-electron chi connectivity index (χ3n) is 5.42. The molecule has 2 aromatic heterocycles. The Hall–Kier alpha value is -3.57. The number of nitrogens with one attached hydrogen (secondary N) is 1. The molecule has 5 aromatic rings. The van der Waals surface area contributed by atoms with Crippen LogP contribution >= 0.6 is 11.3 Å². The maximum atomic E-state index is 5.37.